The van der Waals surface area contributed by atoms with Crippen molar-refractivity contribution in [3.8, 4) is 0 Å². The summed E-state index contributed by atoms with van der Waals surface area (Å²) in [4.78, 5) is 19.7. The molecule has 3 rings (SSSR count). The molecule has 0 aromatic heterocycles. The van der Waals surface area contributed by atoms with Crippen molar-refractivity contribution in [1.29, 1.82) is 0 Å². The molecule has 1 N–H and O–H groups in total. The second-order valence-corrected chi connectivity index (χ2v) is 7.58. The van der Waals surface area contributed by atoms with Crippen LogP contribution in [0.4, 0.5) is 13.6 Å². The second-order valence-electron chi connectivity index (χ2n) is 7.17. The van der Waals surface area contributed by atoms with Crippen LogP contribution in [0.1, 0.15) is 31.4 Å². The van der Waals surface area contributed by atoms with E-state index in [1.54, 1.807) is 11.0 Å². The van der Waals surface area contributed by atoms with Gasteiger partial charge in [0.1, 0.15) is 11.6 Å². The van der Waals surface area contributed by atoms with Crippen molar-refractivity contribution < 1.29 is 18.4 Å². The van der Waals surface area contributed by atoms with E-state index in [1.165, 1.54) is 12.1 Å². The molecule has 8 heteroatoms. The number of rotatable bonds is 6. The summed E-state index contributed by atoms with van der Waals surface area (Å²) in [6.07, 6.45) is -0.147. The number of oxime groups is 1. The van der Waals surface area contributed by atoms with Crippen LogP contribution in [0.5, 0.6) is 0 Å². The molecule has 2 amide bonds. The number of carbonyl (C=O) groups is 1. The van der Waals surface area contributed by atoms with Crippen LogP contribution in [0.3, 0.4) is 0 Å². The lowest BCUT2D eigenvalue weighted by Crippen LogP contribution is -2.45. The predicted octanol–water partition coefficient (Wildman–Crippen LogP) is 4.73. The van der Waals surface area contributed by atoms with Crippen LogP contribution in [-0.4, -0.2) is 35.3 Å². The van der Waals surface area contributed by atoms with Gasteiger partial charge in [-0.3, -0.25) is 0 Å². The van der Waals surface area contributed by atoms with Crippen LogP contribution in [0.15, 0.2) is 47.6 Å². The molecule has 1 atom stereocenters. The lowest BCUT2D eigenvalue weighted by Gasteiger charge is -2.26. The molecule has 0 fully saturated rings. The third-order valence-corrected chi connectivity index (χ3v) is 4.79. The van der Waals surface area contributed by atoms with Gasteiger partial charge in [0.25, 0.3) is 0 Å². The van der Waals surface area contributed by atoms with E-state index < -0.39 is 17.7 Å². The SMILES string of the molecule is CC(C)NC(=O)N(Cc1ccccc1Cl)C[C@H]1CC(c2ccc(F)cc2F)=NO1. The minimum absolute atomic E-state index is 0.0409. The van der Waals surface area contributed by atoms with Crippen LogP contribution < -0.4 is 5.32 Å². The Bertz CT molecular complexity index is 921. The Morgan fingerprint density at radius 1 is 1.31 bits per heavy atom. The van der Waals surface area contributed by atoms with Gasteiger partial charge in [-0.2, -0.15) is 0 Å². The Morgan fingerprint density at radius 2 is 2.07 bits per heavy atom. The average Bonchev–Trinajstić information content (AvgIpc) is 3.10. The van der Waals surface area contributed by atoms with E-state index >= 15 is 0 Å². The number of hydrogen-bond donors (Lipinski definition) is 1. The van der Waals surface area contributed by atoms with Crippen molar-refractivity contribution in [2.45, 2.75) is 39.0 Å². The molecule has 0 radical (unpaired) electrons. The van der Waals surface area contributed by atoms with Gasteiger partial charge in [0, 0.05) is 35.7 Å². The molecule has 0 spiro atoms. The van der Waals surface area contributed by atoms with Crippen LogP contribution in [0, 0.1) is 11.6 Å². The molecule has 1 aliphatic heterocycles. The number of amides is 2. The molecule has 1 heterocycles. The molecule has 2 aromatic carbocycles. The molecule has 0 saturated heterocycles. The molecular formula is C21H22ClF2N3O2. The standard InChI is InChI=1S/C21H22ClF2N3O2/c1-13(2)25-21(28)27(11-14-5-3-4-6-18(14)22)12-16-10-20(26-29-16)17-8-7-15(23)9-19(17)24/h3-9,13,16H,10-12H2,1-2H3,(H,25,28)/t16-/m1/s1. The van der Waals surface area contributed by atoms with E-state index in [4.69, 9.17) is 16.4 Å². The normalized spacial score (nSPS) is 15.8. The molecular weight excluding hydrogens is 400 g/mol. The fourth-order valence-corrected chi connectivity index (χ4v) is 3.24. The van der Waals surface area contributed by atoms with Crippen LogP contribution >= 0.6 is 11.6 Å². The van der Waals surface area contributed by atoms with Gasteiger partial charge in [0.2, 0.25) is 0 Å². The molecule has 29 heavy (non-hydrogen) atoms. The summed E-state index contributed by atoms with van der Waals surface area (Å²) in [6, 6.07) is 10.3. The first-order valence-corrected chi connectivity index (χ1v) is 9.68. The Labute approximate surface area is 173 Å². The lowest BCUT2D eigenvalue weighted by molar-refractivity contribution is 0.0586. The molecule has 2 aromatic rings. The van der Waals surface area contributed by atoms with Gasteiger partial charge in [-0.15, -0.1) is 0 Å². The highest BCUT2D eigenvalue weighted by Crippen LogP contribution is 2.22. The zero-order valence-electron chi connectivity index (χ0n) is 16.2. The monoisotopic (exact) mass is 421 g/mol. The van der Waals surface area contributed by atoms with Gasteiger partial charge < -0.3 is 15.1 Å². The summed E-state index contributed by atoms with van der Waals surface area (Å²) < 4.78 is 27.2. The quantitative estimate of drug-likeness (QED) is 0.733. The Balaban J connectivity index is 1.71. The van der Waals surface area contributed by atoms with E-state index in [1.807, 2.05) is 32.0 Å². The first-order valence-electron chi connectivity index (χ1n) is 9.30. The number of carbonyl (C=O) groups excluding carboxylic acids is 1. The average molecular weight is 422 g/mol. The highest BCUT2D eigenvalue weighted by atomic mass is 35.5. The number of hydrogen-bond acceptors (Lipinski definition) is 3. The fourth-order valence-electron chi connectivity index (χ4n) is 3.04. The Kier molecular flexibility index (Phi) is 6.69. The van der Waals surface area contributed by atoms with Gasteiger partial charge in [0.15, 0.2) is 6.10 Å². The van der Waals surface area contributed by atoms with Crippen molar-refractivity contribution in [1.82, 2.24) is 10.2 Å². The van der Waals surface area contributed by atoms with Gasteiger partial charge in [0.05, 0.1) is 12.3 Å². The summed E-state index contributed by atoms with van der Waals surface area (Å²) in [7, 11) is 0. The van der Waals surface area contributed by atoms with Crippen molar-refractivity contribution in [3.05, 3.63) is 70.2 Å². The topological polar surface area (TPSA) is 53.9 Å². The van der Waals surface area contributed by atoms with Gasteiger partial charge >= 0.3 is 6.03 Å². The zero-order valence-corrected chi connectivity index (χ0v) is 16.9. The first kappa shape index (κ1) is 21.0. The third kappa shape index (κ3) is 5.44. The van der Waals surface area contributed by atoms with E-state index in [2.05, 4.69) is 10.5 Å². The van der Waals surface area contributed by atoms with Gasteiger partial charge in [-0.05, 0) is 37.6 Å². The maximum absolute atomic E-state index is 14.0. The van der Waals surface area contributed by atoms with Crippen LogP contribution in [-0.2, 0) is 11.4 Å². The minimum Gasteiger partial charge on any atom is -0.390 e. The third-order valence-electron chi connectivity index (χ3n) is 4.42. The van der Waals surface area contributed by atoms with Crippen LogP contribution in [0.2, 0.25) is 5.02 Å². The summed E-state index contributed by atoms with van der Waals surface area (Å²) >= 11 is 6.24. The fraction of sp³-hybridized carbons (Fsp3) is 0.333. The molecule has 0 saturated carbocycles. The number of benzene rings is 2. The maximum Gasteiger partial charge on any atom is 0.318 e. The smallest absolute Gasteiger partial charge is 0.318 e. The minimum atomic E-state index is -0.696. The molecule has 0 aliphatic carbocycles. The second kappa shape index (κ2) is 9.22. The largest absolute Gasteiger partial charge is 0.390 e. The van der Waals surface area contributed by atoms with Crippen molar-refractivity contribution in [2.24, 2.45) is 5.16 Å². The summed E-state index contributed by atoms with van der Waals surface area (Å²) in [5.41, 5.74) is 1.38. The predicted molar refractivity (Wildman–Crippen MR) is 108 cm³/mol. The van der Waals surface area contributed by atoms with E-state index in [-0.39, 0.29) is 24.2 Å². The van der Waals surface area contributed by atoms with Crippen molar-refractivity contribution in [3.63, 3.8) is 0 Å². The Hall–Kier alpha value is -2.67. The molecule has 0 bridgehead atoms. The first-order chi connectivity index (χ1) is 13.8. The molecule has 5 nitrogen and oxygen atoms in total. The summed E-state index contributed by atoms with van der Waals surface area (Å²) in [5, 5.41) is 7.37. The highest BCUT2D eigenvalue weighted by Gasteiger charge is 2.28. The zero-order chi connectivity index (χ0) is 21.0. The number of nitrogens with zero attached hydrogens (tertiary/aromatic N) is 2. The number of urea groups is 1. The van der Waals surface area contributed by atoms with Gasteiger partial charge in [-0.25, -0.2) is 13.6 Å². The van der Waals surface area contributed by atoms with E-state index in [9.17, 15) is 13.6 Å². The van der Waals surface area contributed by atoms with Crippen LogP contribution in [0.25, 0.3) is 0 Å². The van der Waals surface area contributed by atoms with Gasteiger partial charge in [-0.1, -0.05) is 35.0 Å². The highest BCUT2D eigenvalue weighted by molar-refractivity contribution is 6.31. The van der Waals surface area contributed by atoms with E-state index in [0.29, 0.717) is 23.7 Å². The molecule has 154 valence electrons. The van der Waals surface area contributed by atoms with Crippen molar-refractivity contribution in [2.75, 3.05) is 6.54 Å². The molecule has 0 unspecified atom stereocenters. The number of nitrogens with one attached hydrogen (secondary N) is 1. The summed E-state index contributed by atoms with van der Waals surface area (Å²) in [5.74, 6) is -1.35. The Morgan fingerprint density at radius 3 is 2.76 bits per heavy atom. The number of halogens is 3. The lowest BCUT2D eigenvalue weighted by atomic mass is 10.0. The van der Waals surface area contributed by atoms with Crippen molar-refractivity contribution >= 4 is 23.3 Å². The summed E-state index contributed by atoms with van der Waals surface area (Å²) in [6.45, 7) is 4.27. The maximum atomic E-state index is 14.0. The van der Waals surface area contributed by atoms with E-state index in [0.717, 1.165) is 11.6 Å². The molecule has 1 aliphatic rings.